The highest BCUT2D eigenvalue weighted by Crippen LogP contribution is 2.18. The van der Waals surface area contributed by atoms with Crippen molar-refractivity contribution in [1.82, 2.24) is 10.2 Å². The number of benzene rings is 1. The van der Waals surface area contributed by atoms with Crippen molar-refractivity contribution in [2.45, 2.75) is 19.4 Å². The van der Waals surface area contributed by atoms with E-state index in [1.807, 2.05) is 24.3 Å². The Morgan fingerprint density at radius 1 is 1.44 bits per heavy atom. The van der Waals surface area contributed by atoms with Gasteiger partial charge in [-0.15, -0.1) is 0 Å². The van der Waals surface area contributed by atoms with Gasteiger partial charge >= 0.3 is 0 Å². The van der Waals surface area contributed by atoms with Crippen LogP contribution in [0.3, 0.4) is 0 Å². The van der Waals surface area contributed by atoms with E-state index in [-0.39, 0.29) is 11.9 Å². The third-order valence-corrected chi connectivity index (χ3v) is 2.88. The molecule has 0 radical (unpaired) electrons. The van der Waals surface area contributed by atoms with Crippen LogP contribution in [-0.4, -0.2) is 38.6 Å². The summed E-state index contributed by atoms with van der Waals surface area (Å²) in [6.07, 6.45) is 0.515. The number of methoxy groups -OCH3 is 1. The van der Waals surface area contributed by atoms with E-state index in [2.05, 4.69) is 12.2 Å². The van der Waals surface area contributed by atoms with Gasteiger partial charge in [0.2, 0.25) is 5.91 Å². The first-order valence-corrected chi connectivity index (χ1v) is 6.12. The second-order valence-corrected chi connectivity index (χ2v) is 4.49. The van der Waals surface area contributed by atoms with Gasteiger partial charge in [-0.2, -0.15) is 0 Å². The van der Waals surface area contributed by atoms with E-state index in [0.717, 1.165) is 11.3 Å². The summed E-state index contributed by atoms with van der Waals surface area (Å²) in [5.41, 5.74) is 1.16. The van der Waals surface area contributed by atoms with Crippen LogP contribution in [0.4, 0.5) is 0 Å². The second kappa shape index (κ2) is 7.01. The van der Waals surface area contributed by atoms with Crippen molar-refractivity contribution in [1.29, 1.82) is 0 Å². The predicted molar refractivity (Wildman–Crippen MR) is 72.7 cm³/mol. The normalized spacial score (nSPS) is 12.0. The van der Waals surface area contributed by atoms with Crippen molar-refractivity contribution in [2.24, 2.45) is 0 Å². The van der Waals surface area contributed by atoms with Crippen LogP contribution in [0.25, 0.3) is 0 Å². The summed E-state index contributed by atoms with van der Waals surface area (Å²) in [6.45, 7) is 2.75. The zero-order chi connectivity index (χ0) is 13.5. The van der Waals surface area contributed by atoms with Gasteiger partial charge in [-0.1, -0.05) is 12.1 Å². The number of nitrogens with zero attached hydrogens (tertiary/aromatic N) is 1. The molecule has 0 saturated carbocycles. The van der Waals surface area contributed by atoms with Crippen LogP contribution in [0.2, 0.25) is 0 Å². The van der Waals surface area contributed by atoms with Crippen molar-refractivity contribution in [2.75, 3.05) is 27.7 Å². The van der Waals surface area contributed by atoms with E-state index in [0.29, 0.717) is 13.0 Å². The first kappa shape index (κ1) is 14.5. The summed E-state index contributed by atoms with van der Waals surface area (Å²) in [5.74, 6) is 0.992. The van der Waals surface area contributed by atoms with Crippen LogP contribution in [0.5, 0.6) is 5.75 Å². The zero-order valence-electron chi connectivity index (χ0n) is 11.6. The van der Waals surface area contributed by atoms with Crippen molar-refractivity contribution in [3.05, 3.63) is 29.8 Å². The minimum absolute atomic E-state index is 0.139. The summed E-state index contributed by atoms with van der Waals surface area (Å²) < 4.78 is 5.19. The summed E-state index contributed by atoms with van der Waals surface area (Å²) >= 11 is 0. The van der Waals surface area contributed by atoms with Crippen LogP contribution < -0.4 is 10.1 Å². The lowest BCUT2D eigenvalue weighted by atomic mass is 10.1. The van der Waals surface area contributed by atoms with Crippen LogP contribution in [-0.2, 0) is 4.79 Å². The van der Waals surface area contributed by atoms with Gasteiger partial charge in [0, 0.05) is 33.1 Å². The van der Waals surface area contributed by atoms with Gasteiger partial charge in [0.05, 0.1) is 7.11 Å². The Bertz CT molecular complexity index is 391. The molecule has 0 unspecified atom stereocenters. The monoisotopic (exact) mass is 250 g/mol. The molecule has 100 valence electrons. The van der Waals surface area contributed by atoms with Gasteiger partial charge in [0.25, 0.3) is 0 Å². The maximum Gasteiger partial charge on any atom is 0.223 e. The van der Waals surface area contributed by atoms with Crippen LogP contribution in [0.15, 0.2) is 24.3 Å². The van der Waals surface area contributed by atoms with E-state index in [9.17, 15) is 4.79 Å². The highest BCUT2D eigenvalue weighted by atomic mass is 16.5. The molecular weight excluding hydrogens is 228 g/mol. The van der Waals surface area contributed by atoms with Crippen LogP contribution in [0, 0.1) is 0 Å². The lowest BCUT2D eigenvalue weighted by Crippen LogP contribution is -2.28. The number of hydrogen-bond donors (Lipinski definition) is 1. The fourth-order valence-corrected chi connectivity index (χ4v) is 1.65. The van der Waals surface area contributed by atoms with Gasteiger partial charge in [-0.05, 0) is 24.6 Å². The first-order valence-electron chi connectivity index (χ1n) is 6.12. The van der Waals surface area contributed by atoms with Gasteiger partial charge in [-0.25, -0.2) is 0 Å². The Morgan fingerprint density at radius 2 is 2.17 bits per heavy atom. The number of hydrogen-bond acceptors (Lipinski definition) is 3. The topological polar surface area (TPSA) is 41.6 Å². The number of amides is 1. The van der Waals surface area contributed by atoms with Gasteiger partial charge in [0.1, 0.15) is 5.75 Å². The molecule has 0 aliphatic heterocycles. The molecule has 0 aromatic heterocycles. The Hall–Kier alpha value is -1.55. The third kappa shape index (κ3) is 4.37. The van der Waals surface area contributed by atoms with E-state index in [1.54, 1.807) is 26.1 Å². The van der Waals surface area contributed by atoms with Crippen molar-refractivity contribution in [3.63, 3.8) is 0 Å². The fourth-order valence-electron chi connectivity index (χ4n) is 1.65. The third-order valence-electron chi connectivity index (χ3n) is 2.88. The minimum Gasteiger partial charge on any atom is -0.497 e. The van der Waals surface area contributed by atoms with Gasteiger partial charge in [-0.3, -0.25) is 4.79 Å². The molecule has 0 saturated heterocycles. The summed E-state index contributed by atoms with van der Waals surface area (Å²) in [5, 5.41) is 3.33. The van der Waals surface area contributed by atoms with Crippen LogP contribution >= 0.6 is 0 Å². The molecule has 1 aromatic rings. The molecule has 0 aliphatic carbocycles. The average molecular weight is 250 g/mol. The minimum atomic E-state index is 0.139. The molecule has 0 spiro atoms. The molecule has 1 atom stereocenters. The van der Waals surface area contributed by atoms with E-state index < -0.39 is 0 Å². The van der Waals surface area contributed by atoms with E-state index >= 15 is 0 Å². The molecule has 1 aromatic carbocycles. The molecule has 1 rings (SSSR count). The zero-order valence-corrected chi connectivity index (χ0v) is 11.6. The predicted octanol–water partition coefficient (Wildman–Crippen LogP) is 1.82. The van der Waals surface area contributed by atoms with E-state index in [4.69, 9.17) is 4.74 Å². The molecule has 0 aliphatic rings. The summed E-state index contributed by atoms with van der Waals surface area (Å²) in [4.78, 5) is 13.0. The molecular formula is C14H22N2O2. The summed E-state index contributed by atoms with van der Waals surface area (Å²) in [7, 11) is 5.20. The number of ether oxygens (including phenoxy) is 1. The quantitative estimate of drug-likeness (QED) is 0.837. The maximum atomic E-state index is 11.4. The fraction of sp³-hybridized carbons (Fsp3) is 0.500. The number of carbonyl (C=O) groups is 1. The van der Waals surface area contributed by atoms with Gasteiger partial charge in [0.15, 0.2) is 0 Å². The standard InChI is InChI=1S/C14H22N2O2/c1-11(15-9-8-14(17)16(2)3)12-6-5-7-13(10-12)18-4/h5-7,10-11,15H,8-9H2,1-4H3/t11-/m1/s1. The molecule has 0 heterocycles. The molecule has 1 N–H and O–H groups in total. The van der Waals surface area contributed by atoms with Crippen molar-refractivity contribution in [3.8, 4) is 5.75 Å². The lowest BCUT2D eigenvalue weighted by molar-refractivity contribution is -0.128. The number of nitrogens with one attached hydrogen (secondary N) is 1. The molecule has 4 nitrogen and oxygen atoms in total. The number of rotatable bonds is 6. The van der Waals surface area contributed by atoms with E-state index in [1.165, 1.54) is 0 Å². The highest BCUT2D eigenvalue weighted by Gasteiger charge is 2.08. The average Bonchev–Trinajstić information content (AvgIpc) is 2.38. The largest absolute Gasteiger partial charge is 0.497 e. The smallest absolute Gasteiger partial charge is 0.223 e. The number of carbonyl (C=O) groups excluding carboxylic acids is 1. The molecule has 1 amide bonds. The van der Waals surface area contributed by atoms with Crippen LogP contribution in [0.1, 0.15) is 24.9 Å². The summed E-state index contributed by atoms with van der Waals surface area (Å²) in [6, 6.07) is 8.15. The Kier molecular flexibility index (Phi) is 5.65. The Balaban J connectivity index is 2.45. The lowest BCUT2D eigenvalue weighted by Gasteiger charge is -2.16. The maximum absolute atomic E-state index is 11.4. The first-order chi connectivity index (χ1) is 8.54. The van der Waals surface area contributed by atoms with Crippen molar-refractivity contribution < 1.29 is 9.53 Å². The molecule has 0 fully saturated rings. The van der Waals surface area contributed by atoms with Gasteiger partial charge < -0.3 is 15.0 Å². The molecule has 18 heavy (non-hydrogen) atoms. The van der Waals surface area contributed by atoms with Crippen molar-refractivity contribution >= 4 is 5.91 Å². The SMILES string of the molecule is COc1cccc([C@@H](C)NCCC(=O)N(C)C)c1. The highest BCUT2D eigenvalue weighted by molar-refractivity contribution is 5.75. The second-order valence-electron chi connectivity index (χ2n) is 4.49. The molecule has 0 bridgehead atoms. The molecule has 4 heteroatoms. The Morgan fingerprint density at radius 3 is 2.78 bits per heavy atom. The Labute approximate surface area is 109 Å².